The first kappa shape index (κ1) is 21.4. The quantitative estimate of drug-likeness (QED) is 0.417. The standard InChI is InChI=1S/C24H24FN5O2/c1-3-19(24-26-14-20(28-24)16-7-5-4-6-8-16)27-21(31)11-12-22-29-23(30-32-22)17-9-10-18(25)15(2)13-17/h4-10,13-14,19H,3,11-12H2,1-2H3,(H,26,28)(H,27,31). The Morgan fingerprint density at radius 1 is 1.19 bits per heavy atom. The van der Waals surface area contributed by atoms with E-state index in [2.05, 4.69) is 25.4 Å². The molecule has 1 unspecified atom stereocenters. The van der Waals surface area contributed by atoms with Crippen molar-refractivity contribution >= 4 is 5.91 Å². The first-order valence-electron chi connectivity index (χ1n) is 10.5. The molecule has 8 heteroatoms. The number of amides is 1. The topological polar surface area (TPSA) is 96.7 Å². The number of aromatic amines is 1. The van der Waals surface area contributed by atoms with E-state index in [1.165, 1.54) is 6.07 Å². The fourth-order valence-corrected chi connectivity index (χ4v) is 3.39. The number of hydrogen-bond acceptors (Lipinski definition) is 5. The minimum absolute atomic E-state index is 0.133. The maximum absolute atomic E-state index is 13.5. The molecule has 1 amide bonds. The van der Waals surface area contributed by atoms with Crippen molar-refractivity contribution in [2.45, 2.75) is 39.2 Å². The molecule has 1 atom stereocenters. The first-order valence-corrected chi connectivity index (χ1v) is 10.5. The monoisotopic (exact) mass is 433 g/mol. The van der Waals surface area contributed by atoms with E-state index >= 15 is 0 Å². The number of benzene rings is 2. The lowest BCUT2D eigenvalue weighted by Gasteiger charge is -2.14. The second-order valence-electron chi connectivity index (χ2n) is 7.55. The lowest BCUT2D eigenvalue weighted by atomic mass is 10.1. The zero-order chi connectivity index (χ0) is 22.5. The van der Waals surface area contributed by atoms with Gasteiger partial charge in [0, 0.05) is 18.4 Å². The van der Waals surface area contributed by atoms with E-state index in [0.717, 1.165) is 11.3 Å². The molecule has 2 N–H and O–H groups in total. The summed E-state index contributed by atoms with van der Waals surface area (Å²) in [5.41, 5.74) is 3.12. The Balaban J connectivity index is 1.35. The highest BCUT2D eigenvalue weighted by molar-refractivity contribution is 5.76. The predicted octanol–water partition coefficient (Wildman–Crippen LogP) is 4.77. The predicted molar refractivity (Wildman–Crippen MR) is 118 cm³/mol. The zero-order valence-electron chi connectivity index (χ0n) is 17.9. The largest absolute Gasteiger partial charge is 0.346 e. The van der Waals surface area contributed by atoms with Gasteiger partial charge in [-0.2, -0.15) is 4.98 Å². The molecule has 2 aromatic heterocycles. The normalized spacial score (nSPS) is 12.0. The third-order valence-corrected chi connectivity index (χ3v) is 5.20. The molecule has 4 rings (SSSR count). The summed E-state index contributed by atoms with van der Waals surface area (Å²) in [5.74, 6) is 1.03. The van der Waals surface area contributed by atoms with Gasteiger partial charge in [0.15, 0.2) is 0 Å². The van der Waals surface area contributed by atoms with E-state index in [1.54, 1.807) is 25.3 Å². The van der Waals surface area contributed by atoms with Crippen LogP contribution in [0, 0.1) is 12.7 Å². The summed E-state index contributed by atoms with van der Waals surface area (Å²) in [6, 6.07) is 14.3. The Morgan fingerprint density at radius 3 is 2.75 bits per heavy atom. The second kappa shape index (κ2) is 9.55. The van der Waals surface area contributed by atoms with Gasteiger partial charge in [0.2, 0.25) is 17.6 Å². The number of carbonyl (C=O) groups excluding carboxylic acids is 1. The van der Waals surface area contributed by atoms with Crippen LogP contribution in [0.4, 0.5) is 4.39 Å². The van der Waals surface area contributed by atoms with Crippen LogP contribution in [0.3, 0.4) is 0 Å². The maximum atomic E-state index is 13.5. The molecule has 0 fully saturated rings. The van der Waals surface area contributed by atoms with Crippen molar-refractivity contribution in [2.24, 2.45) is 0 Å². The molecule has 164 valence electrons. The maximum Gasteiger partial charge on any atom is 0.227 e. The number of nitrogens with one attached hydrogen (secondary N) is 2. The van der Waals surface area contributed by atoms with E-state index in [0.29, 0.717) is 41.5 Å². The van der Waals surface area contributed by atoms with Crippen LogP contribution < -0.4 is 5.32 Å². The summed E-state index contributed by atoms with van der Waals surface area (Å²) in [7, 11) is 0. The molecule has 0 saturated carbocycles. The van der Waals surface area contributed by atoms with Crippen molar-refractivity contribution in [3.8, 4) is 22.6 Å². The molecular weight excluding hydrogens is 409 g/mol. The molecule has 2 aromatic carbocycles. The van der Waals surface area contributed by atoms with Gasteiger partial charge in [-0.05, 0) is 42.7 Å². The van der Waals surface area contributed by atoms with Gasteiger partial charge in [-0.1, -0.05) is 42.4 Å². The number of aromatic nitrogens is 4. The fraction of sp³-hybridized carbons (Fsp3) is 0.250. The smallest absolute Gasteiger partial charge is 0.227 e. The molecule has 32 heavy (non-hydrogen) atoms. The lowest BCUT2D eigenvalue weighted by Crippen LogP contribution is -2.29. The molecule has 4 aromatic rings. The molecule has 0 saturated heterocycles. The van der Waals surface area contributed by atoms with E-state index in [1.807, 2.05) is 37.3 Å². The number of hydrogen-bond donors (Lipinski definition) is 2. The molecule has 0 aliphatic rings. The summed E-state index contributed by atoms with van der Waals surface area (Å²) in [6.45, 7) is 3.67. The van der Waals surface area contributed by atoms with Gasteiger partial charge in [0.25, 0.3) is 0 Å². The fourth-order valence-electron chi connectivity index (χ4n) is 3.39. The summed E-state index contributed by atoms with van der Waals surface area (Å²) < 4.78 is 18.7. The summed E-state index contributed by atoms with van der Waals surface area (Å²) in [5, 5.41) is 6.94. The van der Waals surface area contributed by atoms with Gasteiger partial charge < -0.3 is 14.8 Å². The highest BCUT2D eigenvalue weighted by Crippen LogP contribution is 2.21. The first-order chi connectivity index (χ1) is 15.5. The van der Waals surface area contributed by atoms with Gasteiger partial charge in [0.1, 0.15) is 11.6 Å². The van der Waals surface area contributed by atoms with Crippen LogP contribution in [0.5, 0.6) is 0 Å². The number of imidazole rings is 1. The van der Waals surface area contributed by atoms with Crippen molar-refractivity contribution in [1.29, 1.82) is 0 Å². The Hall–Kier alpha value is -3.81. The van der Waals surface area contributed by atoms with Crippen LogP contribution in [0.2, 0.25) is 0 Å². The minimum Gasteiger partial charge on any atom is -0.346 e. The molecule has 0 aliphatic heterocycles. The average Bonchev–Trinajstić information content (AvgIpc) is 3.49. The van der Waals surface area contributed by atoms with Crippen molar-refractivity contribution in [2.75, 3.05) is 0 Å². The molecule has 0 radical (unpaired) electrons. The lowest BCUT2D eigenvalue weighted by molar-refractivity contribution is -0.122. The van der Waals surface area contributed by atoms with Gasteiger partial charge in [-0.25, -0.2) is 9.37 Å². The van der Waals surface area contributed by atoms with Crippen LogP contribution in [-0.2, 0) is 11.2 Å². The number of aryl methyl sites for hydroxylation is 2. The Labute approximate surface area is 185 Å². The van der Waals surface area contributed by atoms with Crippen molar-refractivity contribution < 1.29 is 13.7 Å². The van der Waals surface area contributed by atoms with E-state index in [9.17, 15) is 9.18 Å². The number of halogens is 1. The van der Waals surface area contributed by atoms with Crippen LogP contribution in [0.25, 0.3) is 22.6 Å². The van der Waals surface area contributed by atoms with Crippen LogP contribution in [0.15, 0.2) is 59.3 Å². The van der Waals surface area contributed by atoms with Gasteiger partial charge in [-0.15, -0.1) is 0 Å². The van der Waals surface area contributed by atoms with Crippen LogP contribution in [-0.4, -0.2) is 26.0 Å². The van der Waals surface area contributed by atoms with Crippen molar-refractivity contribution in [3.05, 3.63) is 77.8 Å². The van der Waals surface area contributed by atoms with Crippen molar-refractivity contribution in [1.82, 2.24) is 25.4 Å². The third kappa shape index (κ3) is 4.91. The van der Waals surface area contributed by atoms with Crippen LogP contribution >= 0.6 is 0 Å². The summed E-state index contributed by atoms with van der Waals surface area (Å²) in [4.78, 5) is 24.6. The second-order valence-corrected chi connectivity index (χ2v) is 7.55. The molecular formula is C24H24FN5O2. The van der Waals surface area contributed by atoms with E-state index in [4.69, 9.17) is 4.52 Å². The third-order valence-electron chi connectivity index (χ3n) is 5.20. The highest BCUT2D eigenvalue weighted by atomic mass is 19.1. The summed E-state index contributed by atoms with van der Waals surface area (Å²) >= 11 is 0. The number of carbonyl (C=O) groups is 1. The molecule has 2 heterocycles. The van der Waals surface area contributed by atoms with Gasteiger partial charge >= 0.3 is 0 Å². The molecule has 0 spiro atoms. The number of nitrogens with zero attached hydrogens (tertiary/aromatic N) is 3. The van der Waals surface area contributed by atoms with E-state index in [-0.39, 0.29) is 24.2 Å². The minimum atomic E-state index is -0.285. The Bertz CT molecular complexity index is 1200. The highest BCUT2D eigenvalue weighted by Gasteiger charge is 2.18. The van der Waals surface area contributed by atoms with Crippen molar-refractivity contribution in [3.63, 3.8) is 0 Å². The molecule has 0 bridgehead atoms. The Morgan fingerprint density at radius 2 is 2.00 bits per heavy atom. The number of H-pyrrole nitrogens is 1. The average molecular weight is 433 g/mol. The van der Waals surface area contributed by atoms with Gasteiger partial charge in [0.05, 0.1) is 17.9 Å². The van der Waals surface area contributed by atoms with Gasteiger partial charge in [-0.3, -0.25) is 4.79 Å². The van der Waals surface area contributed by atoms with Crippen LogP contribution in [0.1, 0.15) is 43.1 Å². The molecule has 7 nitrogen and oxygen atoms in total. The SMILES string of the molecule is CCC(NC(=O)CCc1nc(-c2ccc(F)c(C)c2)no1)c1ncc(-c2ccccc2)[nH]1. The Kier molecular flexibility index (Phi) is 6.39. The zero-order valence-corrected chi connectivity index (χ0v) is 17.9. The number of rotatable bonds is 8. The summed E-state index contributed by atoms with van der Waals surface area (Å²) in [6.07, 6.45) is 2.98. The molecule has 0 aliphatic carbocycles. The van der Waals surface area contributed by atoms with E-state index < -0.39 is 0 Å².